The lowest BCUT2D eigenvalue weighted by Crippen LogP contribution is -1.81. The molecule has 0 aromatic carbocycles. The molecule has 2 heteroatoms. The third kappa shape index (κ3) is 3.67. The highest BCUT2D eigenvalue weighted by atomic mass is 32.2. The van der Waals surface area contributed by atoms with Crippen molar-refractivity contribution in [3.05, 3.63) is 36.3 Å². The van der Waals surface area contributed by atoms with Crippen molar-refractivity contribution in [3.8, 4) is 0 Å². The van der Waals surface area contributed by atoms with Crippen molar-refractivity contribution < 1.29 is 4.42 Å². The Morgan fingerprint density at radius 1 is 1.67 bits per heavy atom. The molecule has 0 aliphatic carbocycles. The van der Waals surface area contributed by atoms with E-state index in [1.165, 1.54) is 5.57 Å². The fourth-order valence-corrected chi connectivity index (χ4v) is 1.82. The van der Waals surface area contributed by atoms with Crippen molar-refractivity contribution in [2.45, 2.75) is 19.1 Å². The summed E-state index contributed by atoms with van der Waals surface area (Å²) in [6, 6.07) is 3.93. The van der Waals surface area contributed by atoms with E-state index in [4.69, 9.17) is 4.42 Å². The van der Waals surface area contributed by atoms with Gasteiger partial charge in [-0.05, 0) is 31.2 Å². The highest BCUT2D eigenvalue weighted by Gasteiger charge is 1.95. The number of allylic oxidation sites excluding steroid dienone is 1. The Morgan fingerprint density at radius 3 is 3.08 bits per heavy atom. The summed E-state index contributed by atoms with van der Waals surface area (Å²) in [7, 11) is 0. The molecule has 0 unspecified atom stereocenters. The van der Waals surface area contributed by atoms with Crippen LogP contribution in [0.2, 0.25) is 0 Å². The van der Waals surface area contributed by atoms with Crippen LogP contribution in [0.15, 0.2) is 35.0 Å². The van der Waals surface area contributed by atoms with Gasteiger partial charge in [0.15, 0.2) is 0 Å². The monoisotopic (exact) mass is 182 g/mol. The van der Waals surface area contributed by atoms with Gasteiger partial charge in [-0.1, -0.05) is 5.57 Å². The zero-order valence-electron chi connectivity index (χ0n) is 7.38. The number of hydrogen-bond donors (Lipinski definition) is 0. The molecule has 1 aromatic heterocycles. The van der Waals surface area contributed by atoms with E-state index >= 15 is 0 Å². The minimum absolute atomic E-state index is 0.972. The fraction of sp³-hybridized carbons (Fsp3) is 0.400. The molecule has 12 heavy (non-hydrogen) atoms. The Labute approximate surface area is 77.8 Å². The minimum Gasteiger partial charge on any atom is -0.468 e. The van der Waals surface area contributed by atoms with Crippen LogP contribution in [0.5, 0.6) is 0 Å². The van der Waals surface area contributed by atoms with Crippen molar-refractivity contribution in [2.75, 3.05) is 5.75 Å². The predicted molar refractivity (Wildman–Crippen MR) is 54.3 cm³/mol. The van der Waals surface area contributed by atoms with Crippen LogP contribution in [0.4, 0.5) is 0 Å². The first-order valence-electron chi connectivity index (χ1n) is 4.03. The maximum absolute atomic E-state index is 5.20. The largest absolute Gasteiger partial charge is 0.468 e. The first-order chi connectivity index (χ1) is 5.79. The third-order valence-corrected chi connectivity index (χ3v) is 2.48. The lowest BCUT2D eigenvalue weighted by molar-refractivity contribution is 0.530. The van der Waals surface area contributed by atoms with E-state index in [2.05, 4.69) is 13.5 Å². The molecular weight excluding hydrogens is 168 g/mol. The smallest absolute Gasteiger partial charge is 0.113 e. The average Bonchev–Trinajstić information content (AvgIpc) is 2.49. The van der Waals surface area contributed by atoms with Crippen LogP contribution >= 0.6 is 11.8 Å². The van der Waals surface area contributed by atoms with Crippen molar-refractivity contribution in [2.24, 2.45) is 0 Å². The summed E-state index contributed by atoms with van der Waals surface area (Å²) in [4.78, 5) is 0. The minimum atomic E-state index is 0.972. The SMILES string of the molecule is C=C(C)CCSCc1ccco1. The van der Waals surface area contributed by atoms with Crippen molar-refractivity contribution in [1.82, 2.24) is 0 Å². The Hall–Kier alpha value is -0.630. The van der Waals surface area contributed by atoms with E-state index < -0.39 is 0 Å². The van der Waals surface area contributed by atoms with Gasteiger partial charge < -0.3 is 4.42 Å². The second-order valence-corrected chi connectivity index (χ2v) is 3.94. The first-order valence-corrected chi connectivity index (χ1v) is 5.19. The predicted octanol–water partition coefficient (Wildman–Crippen LogP) is 3.48. The highest BCUT2D eigenvalue weighted by molar-refractivity contribution is 7.98. The van der Waals surface area contributed by atoms with Gasteiger partial charge in [-0.2, -0.15) is 11.8 Å². The molecule has 0 radical (unpaired) electrons. The van der Waals surface area contributed by atoms with Crippen LogP contribution in [0, 0.1) is 0 Å². The second-order valence-electron chi connectivity index (χ2n) is 2.84. The van der Waals surface area contributed by atoms with E-state index in [1.54, 1.807) is 6.26 Å². The van der Waals surface area contributed by atoms with Crippen LogP contribution in [0.3, 0.4) is 0 Å². The van der Waals surface area contributed by atoms with Crippen LogP contribution in [0.25, 0.3) is 0 Å². The van der Waals surface area contributed by atoms with Gasteiger partial charge >= 0.3 is 0 Å². The van der Waals surface area contributed by atoms with Crippen LogP contribution < -0.4 is 0 Å². The van der Waals surface area contributed by atoms with Crippen molar-refractivity contribution in [3.63, 3.8) is 0 Å². The molecule has 0 bridgehead atoms. The summed E-state index contributed by atoms with van der Waals surface area (Å²) in [5, 5.41) is 0. The second kappa shape index (κ2) is 5.09. The van der Waals surface area contributed by atoms with Gasteiger partial charge in [0.25, 0.3) is 0 Å². The topological polar surface area (TPSA) is 13.1 Å². The molecule has 1 nitrogen and oxygen atoms in total. The molecule has 0 fully saturated rings. The Morgan fingerprint density at radius 2 is 2.50 bits per heavy atom. The summed E-state index contributed by atoms with van der Waals surface area (Å²) < 4.78 is 5.20. The Balaban J connectivity index is 2.07. The maximum atomic E-state index is 5.20. The maximum Gasteiger partial charge on any atom is 0.113 e. The number of hydrogen-bond acceptors (Lipinski definition) is 2. The molecule has 1 rings (SSSR count). The van der Waals surface area contributed by atoms with Crippen molar-refractivity contribution in [1.29, 1.82) is 0 Å². The molecule has 0 aliphatic heterocycles. The quantitative estimate of drug-likeness (QED) is 0.511. The molecule has 0 saturated carbocycles. The molecule has 66 valence electrons. The van der Waals surface area contributed by atoms with Crippen LogP contribution in [-0.4, -0.2) is 5.75 Å². The highest BCUT2D eigenvalue weighted by Crippen LogP contribution is 2.14. The normalized spacial score (nSPS) is 10.1. The molecule has 0 saturated heterocycles. The Kier molecular flexibility index (Phi) is 4.01. The van der Waals surface area contributed by atoms with Gasteiger partial charge in [0.2, 0.25) is 0 Å². The fourth-order valence-electron chi connectivity index (χ4n) is 0.814. The van der Waals surface area contributed by atoms with Crippen molar-refractivity contribution >= 4 is 11.8 Å². The summed E-state index contributed by atoms with van der Waals surface area (Å²) in [5.74, 6) is 3.16. The van der Waals surface area contributed by atoms with Gasteiger partial charge in [0, 0.05) is 0 Å². The van der Waals surface area contributed by atoms with Gasteiger partial charge in [-0.3, -0.25) is 0 Å². The lowest BCUT2D eigenvalue weighted by Gasteiger charge is -1.98. The molecule has 0 spiro atoms. The summed E-state index contributed by atoms with van der Waals surface area (Å²) in [6.45, 7) is 5.92. The van der Waals surface area contributed by atoms with Crippen LogP contribution in [-0.2, 0) is 5.75 Å². The van der Waals surface area contributed by atoms with Crippen LogP contribution in [0.1, 0.15) is 19.1 Å². The van der Waals surface area contributed by atoms with E-state index in [-0.39, 0.29) is 0 Å². The molecule has 0 atom stereocenters. The standard InChI is InChI=1S/C10H14OS/c1-9(2)5-7-12-8-10-4-3-6-11-10/h3-4,6H,1,5,7-8H2,2H3. The molecular formula is C10H14OS. The zero-order chi connectivity index (χ0) is 8.81. The lowest BCUT2D eigenvalue weighted by atomic mass is 10.3. The number of rotatable bonds is 5. The third-order valence-electron chi connectivity index (χ3n) is 1.50. The van der Waals surface area contributed by atoms with Gasteiger partial charge in [-0.25, -0.2) is 0 Å². The Bertz CT molecular complexity index is 226. The first kappa shape index (κ1) is 9.46. The van der Waals surface area contributed by atoms with Gasteiger partial charge in [-0.15, -0.1) is 6.58 Å². The molecule has 1 heterocycles. The summed E-state index contributed by atoms with van der Waals surface area (Å²) in [6.07, 6.45) is 2.82. The van der Waals surface area contributed by atoms with E-state index in [0.717, 1.165) is 23.7 Å². The van der Waals surface area contributed by atoms with E-state index in [9.17, 15) is 0 Å². The summed E-state index contributed by atoms with van der Waals surface area (Å²) in [5.41, 5.74) is 1.25. The average molecular weight is 182 g/mol. The number of thioether (sulfide) groups is 1. The van der Waals surface area contributed by atoms with Gasteiger partial charge in [0.1, 0.15) is 5.76 Å². The van der Waals surface area contributed by atoms with E-state index in [0.29, 0.717) is 0 Å². The zero-order valence-corrected chi connectivity index (χ0v) is 8.19. The molecule has 1 aromatic rings. The molecule has 0 N–H and O–H groups in total. The molecule has 0 aliphatic rings. The molecule has 0 amide bonds. The van der Waals surface area contributed by atoms with E-state index in [1.807, 2.05) is 23.9 Å². The number of furan rings is 1. The summed E-state index contributed by atoms with van der Waals surface area (Å²) >= 11 is 1.88. The van der Waals surface area contributed by atoms with Gasteiger partial charge in [0.05, 0.1) is 12.0 Å².